The molecule has 0 fully saturated rings. The van der Waals surface area contributed by atoms with Crippen LogP contribution in [0.15, 0.2) is 46.2 Å². The summed E-state index contributed by atoms with van der Waals surface area (Å²) in [5, 5.41) is 3.80. The van der Waals surface area contributed by atoms with Crippen molar-refractivity contribution in [2.24, 2.45) is 0 Å². The summed E-state index contributed by atoms with van der Waals surface area (Å²) in [6.45, 7) is 0. The first-order chi connectivity index (χ1) is 10.5. The minimum atomic E-state index is -4.66. The quantitative estimate of drug-likeness (QED) is 0.560. The minimum absolute atomic E-state index is 0.0648. The lowest BCUT2D eigenvalue weighted by molar-refractivity contribution is 0.480. The molecular weight excluding hydrogens is 344 g/mol. The summed E-state index contributed by atoms with van der Waals surface area (Å²) in [4.78, 5) is -1.10. The van der Waals surface area contributed by atoms with Crippen LogP contribution < -0.4 is 5.73 Å². The second-order valence-corrected chi connectivity index (χ2v) is 7.39. The van der Waals surface area contributed by atoms with Crippen molar-refractivity contribution in [3.63, 3.8) is 0 Å². The second-order valence-electron chi connectivity index (χ2n) is 4.61. The Morgan fingerprint density at radius 3 is 1.83 bits per heavy atom. The number of nitrogen functional groups attached to an aromatic ring is 1. The SMILES string of the molecule is C[N-]c1ccc(-c2ccc(N)cc2S(=O)(=O)O)c(S(=O)(=O)O)c1. The average molecular weight is 357 g/mol. The molecule has 8 nitrogen and oxygen atoms in total. The highest BCUT2D eigenvalue weighted by molar-refractivity contribution is 7.86. The lowest BCUT2D eigenvalue weighted by atomic mass is 10.0. The van der Waals surface area contributed by atoms with Gasteiger partial charge in [-0.1, -0.05) is 24.3 Å². The molecule has 0 spiro atoms. The predicted molar refractivity (Wildman–Crippen MR) is 84.9 cm³/mol. The zero-order valence-corrected chi connectivity index (χ0v) is 13.5. The molecule has 0 saturated carbocycles. The van der Waals surface area contributed by atoms with Crippen LogP contribution in [0.25, 0.3) is 16.4 Å². The third kappa shape index (κ3) is 3.62. The maximum absolute atomic E-state index is 11.6. The molecule has 0 aliphatic heterocycles. The molecule has 0 unspecified atom stereocenters. The lowest BCUT2D eigenvalue weighted by Crippen LogP contribution is -2.05. The topological polar surface area (TPSA) is 149 Å². The molecule has 0 saturated heterocycles. The smallest absolute Gasteiger partial charge is 0.295 e. The Morgan fingerprint density at radius 2 is 1.35 bits per heavy atom. The van der Waals surface area contributed by atoms with Gasteiger partial charge in [-0.25, -0.2) is 0 Å². The Morgan fingerprint density at radius 1 is 0.870 bits per heavy atom. The molecule has 2 rings (SSSR count). The Bertz CT molecular complexity index is 968. The van der Waals surface area contributed by atoms with Gasteiger partial charge in [0.1, 0.15) is 9.79 Å². The van der Waals surface area contributed by atoms with Gasteiger partial charge in [0.15, 0.2) is 0 Å². The third-order valence-corrected chi connectivity index (χ3v) is 4.86. The summed E-state index contributed by atoms with van der Waals surface area (Å²) >= 11 is 0. The van der Waals surface area contributed by atoms with E-state index in [1.807, 2.05) is 0 Å². The van der Waals surface area contributed by atoms with Gasteiger partial charge in [0.05, 0.1) is 0 Å². The summed E-state index contributed by atoms with van der Waals surface area (Å²) in [5.41, 5.74) is 5.63. The van der Waals surface area contributed by atoms with Crippen LogP contribution in [0.4, 0.5) is 11.4 Å². The molecule has 23 heavy (non-hydrogen) atoms. The summed E-state index contributed by atoms with van der Waals surface area (Å²) < 4.78 is 65.0. The zero-order valence-electron chi connectivity index (χ0n) is 11.8. The fourth-order valence-corrected chi connectivity index (χ4v) is 3.53. The first-order valence-electron chi connectivity index (χ1n) is 6.13. The van der Waals surface area contributed by atoms with Gasteiger partial charge in [-0.15, -0.1) is 12.7 Å². The summed E-state index contributed by atoms with van der Waals surface area (Å²) in [6.07, 6.45) is 0. The molecule has 2 aromatic rings. The largest absolute Gasteiger partial charge is 0.687 e. The molecular formula is C13H13N2O6S2-. The number of rotatable bonds is 4. The van der Waals surface area contributed by atoms with Crippen LogP contribution in [0.2, 0.25) is 0 Å². The Balaban J connectivity index is 2.88. The van der Waals surface area contributed by atoms with Crippen LogP contribution in [0.1, 0.15) is 0 Å². The number of benzene rings is 2. The number of nitrogens with two attached hydrogens (primary N) is 1. The monoisotopic (exact) mass is 357 g/mol. The normalized spacial score (nSPS) is 12.1. The van der Waals surface area contributed by atoms with E-state index in [0.717, 1.165) is 12.1 Å². The molecule has 0 bridgehead atoms. The Kier molecular flexibility index (Phi) is 4.35. The van der Waals surface area contributed by atoms with E-state index in [1.54, 1.807) is 0 Å². The average Bonchev–Trinajstić information content (AvgIpc) is 2.45. The molecule has 4 N–H and O–H groups in total. The molecule has 0 aliphatic carbocycles. The fraction of sp³-hybridized carbons (Fsp3) is 0.0769. The van der Waals surface area contributed by atoms with Gasteiger partial charge in [0, 0.05) is 16.8 Å². The summed E-state index contributed by atoms with van der Waals surface area (Å²) in [7, 11) is -7.89. The molecule has 0 radical (unpaired) electrons. The van der Waals surface area contributed by atoms with E-state index in [9.17, 15) is 25.9 Å². The molecule has 2 aromatic carbocycles. The number of hydrogen-bond acceptors (Lipinski definition) is 5. The zero-order chi connectivity index (χ0) is 17.4. The molecule has 0 amide bonds. The standard InChI is InChI=1S/C13H13N2O6S2/c1-15-9-3-5-11(13(7-9)23(19,20)21)10-4-2-8(14)6-12(10)22(16,17)18/h2-7H,14H2,1H3,(H,16,17,18)(H,19,20,21)/q-1. The van der Waals surface area contributed by atoms with E-state index in [0.29, 0.717) is 0 Å². The van der Waals surface area contributed by atoms with Crippen molar-refractivity contribution in [3.8, 4) is 11.1 Å². The van der Waals surface area contributed by atoms with Crippen molar-refractivity contribution in [2.45, 2.75) is 9.79 Å². The van der Waals surface area contributed by atoms with Crippen LogP contribution >= 0.6 is 0 Å². The number of anilines is 1. The van der Waals surface area contributed by atoms with Gasteiger partial charge in [-0.3, -0.25) is 9.11 Å². The molecule has 124 valence electrons. The van der Waals surface area contributed by atoms with Crippen molar-refractivity contribution < 1.29 is 25.9 Å². The van der Waals surface area contributed by atoms with Crippen LogP contribution in [0.5, 0.6) is 0 Å². The van der Waals surface area contributed by atoms with Gasteiger partial charge >= 0.3 is 0 Å². The third-order valence-electron chi connectivity index (χ3n) is 3.08. The van der Waals surface area contributed by atoms with E-state index in [4.69, 9.17) is 5.73 Å². The highest BCUT2D eigenvalue weighted by atomic mass is 32.2. The van der Waals surface area contributed by atoms with Crippen molar-refractivity contribution in [1.82, 2.24) is 0 Å². The van der Waals surface area contributed by atoms with E-state index in [2.05, 4.69) is 5.32 Å². The first-order valence-corrected chi connectivity index (χ1v) is 9.01. The van der Waals surface area contributed by atoms with E-state index >= 15 is 0 Å². The second kappa shape index (κ2) is 5.81. The maximum Gasteiger partial charge on any atom is 0.295 e. The molecule has 0 atom stereocenters. The Hall–Kier alpha value is -2.14. The van der Waals surface area contributed by atoms with Gasteiger partial charge in [-0.2, -0.15) is 16.8 Å². The number of nitrogens with zero attached hydrogens (tertiary/aromatic N) is 1. The van der Waals surface area contributed by atoms with Crippen LogP contribution in [0, 0.1) is 0 Å². The van der Waals surface area contributed by atoms with Crippen molar-refractivity contribution in [1.29, 1.82) is 0 Å². The van der Waals surface area contributed by atoms with E-state index < -0.39 is 30.0 Å². The molecule has 0 heterocycles. The highest BCUT2D eigenvalue weighted by Gasteiger charge is 2.23. The summed E-state index contributed by atoms with van der Waals surface area (Å²) in [5.74, 6) is 0. The molecule has 0 aromatic heterocycles. The first kappa shape index (κ1) is 17.2. The van der Waals surface area contributed by atoms with Crippen LogP contribution in [-0.4, -0.2) is 33.0 Å². The van der Waals surface area contributed by atoms with Crippen LogP contribution in [-0.2, 0) is 20.2 Å². The maximum atomic E-state index is 11.6. The fourth-order valence-electron chi connectivity index (χ4n) is 2.06. The predicted octanol–water partition coefficient (Wildman–Crippen LogP) is 2.06. The van der Waals surface area contributed by atoms with Crippen molar-refractivity contribution in [3.05, 3.63) is 41.7 Å². The molecule has 10 heteroatoms. The van der Waals surface area contributed by atoms with Gasteiger partial charge in [0.2, 0.25) is 0 Å². The van der Waals surface area contributed by atoms with Gasteiger partial charge in [0.25, 0.3) is 20.2 Å². The highest BCUT2D eigenvalue weighted by Crippen LogP contribution is 2.36. The van der Waals surface area contributed by atoms with E-state index in [-0.39, 0.29) is 22.5 Å². The van der Waals surface area contributed by atoms with Crippen molar-refractivity contribution in [2.75, 3.05) is 12.8 Å². The Labute approximate surface area is 133 Å². The number of hydrogen-bond donors (Lipinski definition) is 3. The van der Waals surface area contributed by atoms with Gasteiger partial charge < -0.3 is 11.1 Å². The lowest BCUT2D eigenvalue weighted by Gasteiger charge is -2.18. The van der Waals surface area contributed by atoms with Crippen molar-refractivity contribution >= 4 is 31.6 Å². The van der Waals surface area contributed by atoms with Crippen LogP contribution in [0.3, 0.4) is 0 Å². The molecule has 0 aliphatic rings. The van der Waals surface area contributed by atoms with E-state index in [1.165, 1.54) is 31.3 Å². The minimum Gasteiger partial charge on any atom is -0.687 e. The van der Waals surface area contributed by atoms with Gasteiger partial charge in [-0.05, 0) is 12.1 Å². The summed E-state index contributed by atoms with van der Waals surface area (Å²) in [6, 6.07) is 7.40.